The number of nitrogens with one attached hydrogen (secondary N) is 1. The Morgan fingerprint density at radius 3 is 2.28 bits per heavy atom. The van der Waals surface area contributed by atoms with Crippen molar-refractivity contribution >= 4 is 10.1 Å². The second-order valence-electron chi connectivity index (χ2n) is 4.81. The first kappa shape index (κ1) is 17.8. The third-order valence-corrected chi connectivity index (χ3v) is 3.22. The largest absolute Gasteiger partial charge is 0.382 e. The fourth-order valence-corrected chi connectivity index (χ4v) is 2.37. The van der Waals surface area contributed by atoms with Crippen LogP contribution in [0.2, 0.25) is 0 Å². The van der Waals surface area contributed by atoms with E-state index in [0.29, 0.717) is 32.9 Å². The molecule has 0 fully saturated rings. The van der Waals surface area contributed by atoms with Crippen molar-refractivity contribution in [2.45, 2.75) is 26.4 Å². The molecule has 0 atom stereocenters. The Hall–Kier alpha value is -0.210. The van der Waals surface area contributed by atoms with Crippen LogP contribution >= 0.6 is 0 Å². The van der Waals surface area contributed by atoms with Crippen LogP contribution in [0.1, 0.15) is 20.8 Å². The van der Waals surface area contributed by atoms with Gasteiger partial charge in [-0.3, -0.25) is 4.18 Å². The Morgan fingerprint density at radius 1 is 1.06 bits per heavy atom. The number of rotatable bonds is 10. The number of hydrogen-bond donors (Lipinski definition) is 1. The van der Waals surface area contributed by atoms with Crippen LogP contribution in [0, 0.1) is 0 Å². The highest BCUT2D eigenvalue weighted by Gasteiger charge is 2.21. The van der Waals surface area contributed by atoms with Crippen LogP contribution in [0.3, 0.4) is 0 Å². The molecule has 0 aromatic rings. The Labute approximate surface area is 110 Å². The summed E-state index contributed by atoms with van der Waals surface area (Å²) in [5.41, 5.74) is -0.678. The van der Waals surface area contributed by atoms with E-state index in [1.807, 2.05) is 0 Å². The Balaban J connectivity index is 3.54. The fourth-order valence-electron chi connectivity index (χ4n) is 1.13. The highest BCUT2D eigenvalue weighted by Crippen LogP contribution is 2.11. The van der Waals surface area contributed by atoms with Gasteiger partial charge in [0.05, 0.1) is 31.2 Å². The van der Waals surface area contributed by atoms with Crippen LogP contribution in [-0.4, -0.2) is 59.8 Å². The van der Waals surface area contributed by atoms with Crippen molar-refractivity contribution in [3.63, 3.8) is 0 Å². The first-order valence-corrected chi connectivity index (χ1v) is 7.55. The first-order chi connectivity index (χ1) is 8.27. The lowest BCUT2D eigenvalue weighted by Gasteiger charge is -2.18. The molecular weight excluding hydrogens is 258 g/mol. The molecule has 0 radical (unpaired) electrons. The molecule has 6 nitrogen and oxygen atoms in total. The standard InChI is InChI=1S/C11H25NO5S/c1-11(2,3)17-18(13,14)10-6-12-5-7-16-9-8-15-4/h12H,5-10H2,1-4H3. The average Bonchev–Trinajstić information content (AvgIpc) is 2.18. The summed E-state index contributed by atoms with van der Waals surface area (Å²) >= 11 is 0. The second-order valence-corrected chi connectivity index (χ2v) is 6.50. The summed E-state index contributed by atoms with van der Waals surface area (Å²) in [5.74, 6) is -0.0393. The molecule has 0 aliphatic heterocycles. The van der Waals surface area contributed by atoms with E-state index in [1.54, 1.807) is 27.9 Å². The lowest BCUT2D eigenvalue weighted by molar-refractivity contribution is 0.0721. The van der Waals surface area contributed by atoms with Crippen molar-refractivity contribution in [2.75, 3.05) is 45.8 Å². The molecule has 0 amide bonds. The van der Waals surface area contributed by atoms with Gasteiger partial charge in [-0.1, -0.05) is 0 Å². The monoisotopic (exact) mass is 283 g/mol. The topological polar surface area (TPSA) is 73.9 Å². The summed E-state index contributed by atoms with van der Waals surface area (Å²) in [7, 11) is -1.85. The van der Waals surface area contributed by atoms with Crippen LogP contribution in [-0.2, 0) is 23.8 Å². The van der Waals surface area contributed by atoms with Crippen LogP contribution < -0.4 is 5.32 Å². The Kier molecular flexibility index (Phi) is 8.71. The summed E-state index contributed by atoms with van der Waals surface area (Å²) in [6, 6.07) is 0. The molecular formula is C11H25NO5S. The molecule has 0 aliphatic carbocycles. The normalized spacial score (nSPS) is 12.9. The first-order valence-electron chi connectivity index (χ1n) is 5.97. The molecule has 0 aromatic heterocycles. The lowest BCUT2D eigenvalue weighted by Crippen LogP contribution is -2.31. The number of ether oxygens (including phenoxy) is 2. The fraction of sp³-hybridized carbons (Fsp3) is 1.00. The van der Waals surface area contributed by atoms with E-state index in [-0.39, 0.29) is 5.75 Å². The molecule has 0 rings (SSSR count). The van der Waals surface area contributed by atoms with Gasteiger partial charge in [-0.25, -0.2) is 0 Å². The molecule has 0 aromatic carbocycles. The SMILES string of the molecule is COCCOCCNCCS(=O)(=O)OC(C)(C)C. The highest BCUT2D eigenvalue weighted by molar-refractivity contribution is 7.86. The van der Waals surface area contributed by atoms with E-state index in [2.05, 4.69) is 5.32 Å². The predicted molar refractivity (Wildman–Crippen MR) is 70.2 cm³/mol. The van der Waals surface area contributed by atoms with Gasteiger partial charge in [-0.15, -0.1) is 0 Å². The van der Waals surface area contributed by atoms with Crippen molar-refractivity contribution in [3.8, 4) is 0 Å². The molecule has 0 aliphatic rings. The summed E-state index contributed by atoms with van der Waals surface area (Å²) < 4.78 is 38.0. The van der Waals surface area contributed by atoms with Crippen molar-refractivity contribution < 1.29 is 22.1 Å². The van der Waals surface area contributed by atoms with Gasteiger partial charge >= 0.3 is 0 Å². The van der Waals surface area contributed by atoms with Gasteiger partial charge in [0.1, 0.15) is 0 Å². The number of hydrogen-bond acceptors (Lipinski definition) is 6. The quantitative estimate of drug-likeness (QED) is 0.462. The van der Waals surface area contributed by atoms with Gasteiger partial charge in [0.2, 0.25) is 0 Å². The molecule has 0 saturated heterocycles. The van der Waals surface area contributed by atoms with Gasteiger partial charge in [-0.2, -0.15) is 8.42 Å². The van der Waals surface area contributed by atoms with Gasteiger partial charge in [0, 0.05) is 20.2 Å². The molecule has 0 unspecified atom stereocenters. The minimum absolute atomic E-state index is 0.0393. The molecule has 18 heavy (non-hydrogen) atoms. The molecule has 0 bridgehead atoms. The molecule has 7 heteroatoms. The van der Waals surface area contributed by atoms with Gasteiger partial charge in [0.25, 0.3) is 10.1 Å². The average molecular weight is 283 g/mol. The van der Waals surface area contributed by atoms with Crippen LogP contribution in [0.25, 0.3) is 0 Å². The predicted octanol–water partition coefficient (Wildman–Crippen LogP) is 0.384. The van der Waals surface area contributed by atoms with Gasteiger partial charge in [0.15, 0.2) is 0 Å². The lowest BCUT2D eigenvalue weighted by atomic mass is 10.2. The molecule has 0 heterocycles. The van der Waals surface area contributed by atoms with Gasteiger partial charge in [-0.05, 0) is 20.8 Å². The van der Waals surface area contributed by atoms with Crippen molar-refractivity contribution in [2.24, 2.45) is 0 Å². The third kappa shape index (κ3) is 12.3. The maximum absolute atomic E-state index is 11.5. The van der Waals surface area contributed by atoms with Gasteiger partial charge < -0.3 is 14.8 Å². The van der Waals surface area contributed by atoms with Crippen LogP contribution in [0.5, 0.6) is 0 Å². The molecule has 110 valence electrons. The minimum Gasteiger partial charge on any atom is -0.382 e. The summed E-state index contributed by atoms with van der Waals surface area (Å²) in [6.45, 7) is 7.73. The zero-order valence-electron chi connectivity index (χ0n) is 11.7. The Morgan fingerprint density at radius 2 is 1.72 bits per heavy atom. The maximum Gasteiger partial charge on any atom is 0.269 e. The third-order valence-electron chi connectivity index (χ3n) is 1.76. The van der Waals surface area contributed by atoms with E-state index in [4.69, 9.17) is 13.7 Å². The summed E-state index contributed by atoms with van der Waals surface area (Å²) in [6.07, 6.45) is 0. The maximum atomic E-state index is 11.5. The van der Waals surface area contributed by atoms with Crippen LogP contribution in [0.4, 0.5) is 0 Å². The van der Waals surface area contributed by atoms with E-state index in [0.717, 1.165) is 0 Å². The molecule has 0 spiro atoms. The summed E-state index contributed by atoms with van der Waals surface area (Å²) in [4.78, 5) is 0. The zero-order valence-corrected chi connectivity index (χ0v) is 12.5. The smallest absolute Gasteiger partial charge is 0.269 e. The second kappa shape index (κ2) is 8.82. The zero-order chi connectivity index (χ0) is 14.1. The van der Waals surface area contributed by atoms with E-state index in [9.17, 15) is 8.42 Å². The minimum atomic E-state index is -3.46. The Bertz CT molecular complexity index is 297. The van der Waals surface area contributed by atoms with Crippen LogP contribution in [0.15, 0.2) is 0 Å². The van der Waals surface area contributed by atoms with E-state index in [1.165, 1.54) is 0 Å². The van der Waals surface area contributed by atoms with Crippen molar-refractivity contribution in [1.82, 2.24) is 5.32 Å². The van der Waals surface area contributed by atoms with E-state index >= 15 is 0 Å². The molecule has 1 N–H and O–H groups in total. The highest BCUT2D eigenvalue weighted by atomic mass is 32.2. The number of methoxy groups -OCH3 is 1. The molecule has 0 saturated carbocycles. The van der Waals surface area contributed by atoms with Crippen molar-refractivity contribution in [1.29, 1.82) is 0 Å². The summed E-state index contributed by atoms with van der Waals surface area (Å²) in [5, 5.41) is 2.98. The van der Waals surface area contributed by atoms with E-state index < -0.39 is 15.7 Å². The van der Waals surface area contributed by atoms with Crippen molar-refractivity contribution in [3.05, 3.63) is 0 Å².